The topological polar surface area (TPSA) is 110 Å². The highest BCUT2D eigenvalue weighted by Gasteiger charge is 2.15. The summed E-state index contributed by atoms with van der Waals surface area (Å²) in [4.78, 5) is 20.8. The first-order chi connectivity index (χ1) is 14.0. The summed E-state index contributed by atoms with van der Waals surface area (Å²) in [5.74, 6) is 0.763. The van der Waals surface area contributed by atoms with Gasteiger partial charge in [0, 0.05) is 23.0 Å². The molecule has 150 valence electrons. The van der Waals surface area contributed by atoms with Gasteiger partial charge in [0.25, 0.3) is 10.0 Å². The van der Waals surface area contributed by atoms with Crippen LogP contribution >= 0.6 is 11.8 Å². The lowest BCUT2D eigenvalue weighted by Gasteiger charge is -2.08. The molecule has 0 spiro atoms. The van der Waals surface area contributed by atoms with Gasteiger partial charge in [0.2, 0.25) is 11.9 Å². The number of amides is 1. The molecular weight excluding hydrogens is 412 g/mol. The van der Waals surface area contributed by atoms with Crippen molar-refractivity contribution in [3.05, 3.63) is 67.0 Å². The van der Waals surface area contributed by atoms with E-state index < -0.39 is 10.0 Å². The van der Waals surface area contributed by atoms with Gasteiger partial charge >= 0.3 is 0 Å². The summed E-state index contributed by atoms with van der Waals surface area (Å²) in [6, 6.07) is 14.8. The highest BCUT2D eigenvalue weighted by molar-refractivity contribution is 8.00. The van der Waals surface area contributed by atoms with Crippen LogP contribution in [-0.2, 0) is 14.8 Å². The lowest BCUT2D eigenvalue weighted by molar-refractivity contribution is -0.113. The number of hydrogen-bond acceptors (Lipinski definition) is 7. The van der Waals surface area contributed by atoms with Crippen LogP contribution < -0.4 is 14.8 Å². The Balaban J connectivity index is 1.56. The molecule has 1 amide bonds. The van der Waals surface area contributed by atoms with Gasteiger partial charge in [-0.3, -0.25) is 4.79 Å². The molecule has 29 heavy (non-hydrogen) atoms. The van der Waals surface area contributed by atoms with E-state index in [0.717, 1.165) is 10.6 Å². The van der Waals surface area contributed by atoms with Crippen molar-refractivity contribution < 1.29 is 17.9 Å². The largest absolute Gasteiger partial charge is 0.497 e. The number of carbonyl (C=O) groups excluding carboxylic acids is 1. The van der Waals surface area contributed by atoms with Gasteiger partial charge < -0.3 is 10.1 Å². The maximum Gasteiger partial charge on any atom is 0.264 e. The summed E-state index contributed by atoms with van der Waals surface area (Å²) in [5, 5.41) is 2.74. The van der Waals surface area contributed by atoms with Crippen LogP contribution in [0.15, 0.2) is 76.8 Å². The van der Waals surface area contributed by atoms with E-state index in [-0.39, 0.29) is 22.5 Å². The minimum Gasteiger partial charge on any atom is -0.497 e. The van der Waals surface area contributed by atoms with Gasteiger partial charge in [-0.05, 0) is 54.6 Å². The third-order valence-corrected chi connectivity index (χ3v) is 6.03. The van der Waals surface area contributed by atoms with Crippen molar-refractivity contribution in [2.75, 3.05) is 22.9 Å². The van der Waals surface area contributed by atoms with E-state index in [1.807, 2.05) is 24.3 Å². The molecule has 0 aliphatic carbocycles. The maximum absolute atomic E-state index is 12.3. The zero-order valence-electron chi connectivity index (χ0n) is 15.4. The van der Waals surface area contributed by atoms with E-state index in [1.54, 1.807) is 13.2 Å². The molecule has 0 atom stereocenters. The fourth-order valence-corrected chi connectivity index (χ4v) is 3.92. The first-order valence-corrected chi connectivity index (χ1v) is 10.9. The predicted octanol–water partition coefficient (Wildman–Crippen LogP) is 3.02. The summed E-state index contributed by atoms with van der Waals surface area (Å²) < 4.78 is 32.1. The fourth-order valence-electron chi connectivity index (χ4n) is 2.27. The standard InChI is InChI=1S/C19H18N4O4S2/c1-27-15-5-7-16(8-6-15)28-13-18(24)22-14-3-9-17(10-4-14)29(25,26)23-19-20-11-2-12-21-19/h2-12H,13H2,1H3,(H,22,24)(H,20,21,23). The molecule has 0 bridgehead atoms. The minimum atomic E-state index is -3.81. The maximum atomic E-state index is 12.3. The summed E-state index contributed by atoms with van der Waals surface area (Å²) >= 11 is 1.39. The van der Waals surface area contributed by atoms with Crippen LogP contribution in [0.3, 0.4) is 0 Å². The second-order valence-electron chi connectivity index (χ2n) is 5.71. The monoisotopic (exact) mass is 430 g/mol. The second-order valence-corrected chi connectivity index (χ2v) is 8.45. The van der Waals surface area contributed by atoms with Crippen molar-refractivity contribution in [1.29, 1.82) is 0 Å². The van der Waals surface area contributed by atoms with Crippen LogP contribution in [0.5, 0.6) is 5.75 Å². The number of aromatic nitrogens is 2. The number of hydrogen-bond donors (Lipinski definition) is 2. The van der Waals surface area contributed by atoms with Crippen molar-refractivity contribution in [3.8, 4) is 5.75 Å². The molecule has 3 aromatic rings. The predicted molar refractivity (Wildman–Crippen MR) is 112 cm³/mol. The third kappa shape index (κ3) is 5.93. The third-order valence-electron chi connectivity index (χ3n) is 3.67. The molecule has 0 aliphatic rings. The number of thioether (sulfide) groups is 1. The van der Waals surface area contributed by atoms with Crippen molar-refractivity contribution >= 4 is 39.3 Å². The molecule has 1 heterocycles. The Labute approximate surface area is 172 Å². The van der Waals surface area contributed by atoms with Crippen LogP contribution in [0.4, 0.5) is 11.6 Å². The van der Waals surface area contributed by atoms with Crippen LogP contribution in [0.2, 0.25) is 0 Å². The fraction of sp³-hybridized carbons (Fsp3) is 0.105. The molecule has 2 N–H and O–H groups in total. The van der Waals surface area contributed by atoms with Crippen LogP contribution in [0.25, 0.3) is 0 Å². The van der Waals surface area contributed by atoms with E-state index in [4.69, 9.17) is 4.74 Å². The molecular formula is C19H18N4O4S2. The van der Waals surface area contributed by atoms with E-state index >= 15 is 0 Å². The normalized spacial score (nSPS) is 10.9. The molecule has 1 aromatic heterocycles. The molecule has 0 saturated carbocycles. The molecule has 3 rings (SSSR count). The molecule has 0 unspecified atom stereocenters. The van der Waals surface area contributed by atoms with E-state index in [0.29, 0.717) is 5.69 Å². The number of carbonyl (C=O) groups is 1. The smallest absolute Gasteiger partial charge is 0.264 e. The molecule has 2 aromatic carbocycles. The van der Waals surface area contributed by atoms with Gasteiger partial charge in [-0.25, -0.2) is 23.1 Å². The average molecular weight is 431 g/mol. The molecule has 0 radical (unpaired) electrons. The van der Waals surface area contributed by atoms with Gasteiger partial charge in [0.15, 0.2) is 0 Å². The number of sulfonamides is 1. The lowest BCUT2D eigenvalue weighted by atomic mass is 10.3. The number of nitrogens with one attached hydrogen (secondary N) is 2. The van der Waals surface area contributed by atoms with Crippen molar-refractivity contribution in [2.24, 2.45) is 0 Å². The Morgan fingerprint density at radius 2 is 1.69 bits per heavy atom. The number of ether oxygens (including phenoxy) is 1. The van der Waals surface area contributed by atoms with Gasteiger partial charge in [0.1, 0.15) is 5.75 Å². The van der Waals surface area contributed by atoms with Crippen LogP contribution in [0, 0.1) is 0 Å². The lowest BCUT2D eigenvalue weighted by Crippen LogP contribution is -2.16. The zero-order valence-corrected chi connectivity index (χ0v) is 17.0. The SMILES string of the molecule is COc1ccc(SCC(=O)Nc2ccc(S(=O)(=O)Nc3ncccn3)cc2)cc1. The number of rotatable bonds is 8. The molecule has 0 aliphatic heterocycles. The Bertz CT molecular complexity index is 1060. The van der Waals surface area contributed by atoms with Gasteiger partial charge in [-0.15, -0.1) is 11.8 Å². The molecule has 0 saturated heterocycles. The van der Waals surface area contributed by atoms with Crippen molar-refractivity contribution in [1.82, 2.24) is 9.97 Å². The highest BCUT2D eigenvalue weighted by atomic mass is 32.2. The number of methoxy groups -OCH3 is 1. The molecule has 8 nitrogen and oxygen atoms in total. The van der Waals surface area contributed by atoms with Gasteiger partial charge in [0.05, 0.1) is 17.8 Å². The average Bonchev–Trinajstić information content (AvgIpc) is 2.73. The number of anilines is 2. The summed E-state index contributed by atoms with van der Waals surface area (Å²) in [5.41, 5.74) is 0.500. The Hall–Kier alpha value is -3.11. The molecule has 10 heteroatoms. The summed E-state index contributed by atoms with van der Waals surface area (Å²) in [7, 11) is -2.22. The number of nitrogens with zero attached hydrogens (tertiary/aromatic N) is 2. The van der Waals surface area contributed by atoms with Crippen LogP contribution in [0.1, 0.15) is 0 Å². The quantitative estimate of drug-likeness (QED) is 0.529. The first kappa shape index (κ1) is 20.6. The van der Waals surface area contributed by atoms with Gasteiger partial charge in [-0.2, -0.15) is 0 Å². The highest BCUT2D eigenvalue weighted by Crippen LogP contribution is 2.22. The first-order valence-electron chi connectivity index (χ1n) is 8.43. The Morgan fingerprint density at radius 1 is 1.03 bits per heavy atom. The van der Waals surface area contributed by atoms with E-state index in [2.05, 4.69) is 20.0 Å². The van der Waals surface area contributed by atoms with Crippen LogP contribution in [-0.4, -0.2) is 37.2 Å². The second kappa shape index (κ2) is 9.39. The minimum absolute atomic E-state index is 0.0135. The Morgan fingerprint density at radius 3 is 2.31 bits per heavy atom. The van der Waals surface area contributed by atoms with E-state index in [9.17, 15) is 13.2 Å². The molecule has 0 fully saturated rings. The zero-order chi connectivity index (χ0) is 20.7. The summed E-state index contributed by atoms with van der Waals surface area (Å²) in [6.45, 7) is 0. The number of benzene rings is 2. The van der Waals surface area contributed by atoms with Gasteiger partial charge in [-0.1, -0.05) is 0 Å². The van der Waals surface area contributed by atoms with Crippen molar-refractivity contribution in [2.45, 2.75) is 9.79 Å². The summed E-state index contributed by atoms with van der Waals surface area (Å²) in [6.07, 6.45) is 2.88. The Kier molecular flexibility index (Phi) is 6.68. The van der Waals surface area contributed by atoms with E-state index in [1.165, 1.54) is 48.4 Å². The van der Waals surface area contributed by atoms with Crippen molar-refractivity contribution in [3.63, 3.8) is 0 Å².